The van der Waals surface area contributed by atoms with Crippen LogP contribution < -0.4 is 10.1 Å². The van der Waals surface area contributed by atoms with Crippen LogP contribution >= 0.6 is 11.3 Å². The van der Waals surface area contributed by atoms with Crippen LogP contribution in [0, 0.1) is 0 Å². The van der Waals surface area contributed by atoms with E-state index in [2.05, 4.69) is 10.3 Å². The zero-order valence-electron chi connectivity index (χ0n) is 17.4. The molecule has 1 aliphatic rings. The molecule has 5 nitrogen and oxygen atoms in total. The Morgan fingerprint density at radius 1 is 1.06 bits per heavy atom. The number of hydrogen-bond donors (Lipinski definition) is 1. The van der Waals surface area contributed by atoms with Crippen LogP contribution in [0.15, 0.2) is 59.6 Å². The summed E-state index contributed by atoms with van der Waals surface area (Å²) in [5.41, 5.74) is 3.55. The second kappa shape index (κ2) is 9.71. The molecule has 6 heteroatoms. The van der Waals surface area contributed by atoms with E-state index >= 15 is 0 Å². The summed E-state index contributed by atoms with van der Waals surface area (Å²) in [6, 6.07) is 17.1. The largest absolute Gasteiger partial charge is 0.426 e. The average Bonchev–Trinajstić information content (AvgIpc) is 3.16. The first kappa shape index (κ1) is 21.0. The van der Waals surface area contributed by atoms with Crippen LogP contribution in [-0.2, 0) is 24.2 Å². The number of benzene rings is 2. The fraction of sp³-hybridized carbons (Fsp3) is 0.240. The summed E-state index contributed by atoms with van der Waals surface area (Å²) in [6.45, 7) is 1.85. The van der Waals surface area contributed by atoms with E-state index in [1.807, 2.05) is 48.5 Å². The maximum absolute atomic E-state index is 13.1. The number of para-hydroxylation sites is 1. The van der Waals surface area contributed by atoms with Gasteiger partial charge in [0.25, 0.3) is 5.91 Å². The molecule has 158 valence electrons. The van der Waals surface area contributed by atoms with Gasteiger partial charge in [0.15, 0.2) is 0 Å². The summed E-state index contributed by atoms with van der Waals surface area (Å²) in [7, 11) is 0. The highest BCUT2D eigenvalue weighted by Gasteiger charge is 2.25. The Morgan fingerprint density at radius 3 is 2.61 bits per heavy atom. The van der Waals surface area contributed by atoms with Gasteiger partial charge in [-0.2, -0.15) is 0 Å². The van der Waals surface area contributed by atoms with Gasteiger partial charge in [0.2, 0.25) is 0 Å². The Kier molecular flexibility index (Phi) is 6.57. The molecule has 0 unspecified atom stereocenters. The highest BCUT2D eigenvalue weighted by molar-refractivity contribution is 7.16. The van der Waals surface area contributed by atoms with E-state index < -0.39 is 0 Å². The minimum atomic E-state index is -0.381. The molecule has 3 aromatic rings. The van der Waals surface area contributed by atoms with Gasteiger partial charge in [0, 0.05) is 30.1 Å². The van der Waals surface area contributed by atoms with Gasteiger partial charge in [-0.3, -0.25) is 9.59 Å². The number of esters is 1. The lowest BCUT2D eigenvalue weighted by Crippen LogP contribution is -2.24. The Morgan fingerprint density at radius 2 is 1.81 bits per heavy atom. The van der Waals surface area contributed by atoms with E-state index in [0.717, 1.165) is 36.8 Å². The van der Waals surface area contributed by atoms with E-state index in [1.165, 1.54) is 11.8 Å². The van der Waals surface area contributed by atoms with Crippen molar-refractivity contribution in [2.24, 2.45) is 4.99 Å². The molecule has 1 N–H and O–H groups in total. The van der Waals surface area contributed by atoms with Crippen LogP contribution in [0.25, 0.3) is 0 Å². The molecule has 0 spiro atoms. The van der Waals surface area contributed by atoms with Crippen molar-refractivity contribution in [3.05, 3.63) is 81.7 Å². The van der Waals surface area contributed by atoms with E-state index in [-0.39, 0.29) is 11.9 Å². The maximum Gasteiger partial charge on any atom is 0.308 e. The van der Waals surface area contributed by atoms with Crippen molar-refractivity contribution in [1.82, 2.24) is 5.32 Å². The summed E-state index contributed by atoms with van der Waals surface area (Å²) in [6.07, 6.45) is 5.78. The molecule has 31 heavy (non-hydrogen) atoms. The highest BCUT2D eigenvalue weighted by Crippen LogP contribution is 2.40. The number of carbonyl (C=O) groups is 2. The topological polar surface area (TPSA) is 67.8 Å². The van der Waals surface area contributed by atoms with Gasteiger partial charge in [-0.1, -0.05) is 42.5 Å². The van der Waals surface area contributed by atoms with Gasteiger partial charge in [-0.15, -0.1) is 11.3 Å². The van der Waals surface area contributed by atoms with E-state index in [0.29, 0.717) is 28.4 Å². The molecular weight excluding hydrogens is 408 g/mol. The molecule has 4 rings (SSSR count). The first-order chi connectivity index (χ1) is 15.1. The van der Waals surface area contributed by atoms with Crippen molar-refractivity contribution in [2.75, 3.05) is 0 Å². The summed E-state index contributed by atoms with van der Waals surface area (Å²) in [5.74, 6) is -0.0211. The minimum absolute atomic E-state index is 0.0938. The number of fused-ring (bicyclic) bond motifs is 1. The van der Waals surface area contributed by atoms with Gasteiger partial charge < -0.3 is 10.1 Å². The van der Waals surface area contributed by atoms with E-state index in [4.69, 9.17) is 4.74 Å². The number of amides is 1. The molecular formula is C25H24N2O3S. The third kappa shape index (κ3) is 5.09. The standard InChI is InChI=1S/C25H24N2O3S/c1-17(28)30-21-13-7-5-11-19(21)16-27-25-23(20-12-6-8-14-22(20)31-25)24(29)26-15-18-9-3-2-4-10-18/h2-5,7,9-11,13,16H,6,8,12,14-15H2,1H3,(H,26,29). The Balaban J connectivity index is 1.62. The quantitative estimate of drug-likeness (QED) is 0.329. The normalized spacial score (nSPS) is 13.1. The molecule has 1 amide bonds. The molecule has 0 saturated heterocycles. The lowest BCUT2D eigenvalue weighted by Gasteiger charge is -2.13. The lowest BCUT2D eigenvalue weighted by molar-refractivity contribution is -0.131. The smallest absolute Gasteiger partial charge is 0.308 e. The van der Waals surface area contributed by atoms with Gasteiger partial charge in [0.1, 0.15) is 10.8 Å². The van der Waals surface area contributed by atoms with Gasteiger partial charge >= 0.3 is 5.97 Å². The predicted molar refractivity (Wildman–Crippen MR) is 124 cm³/mol. The number of ether oxygens (including phenoxy) is 1. The Hall–Kier alpha value is -3.25. The summed E-state index contributed by atoms with van der Waals surface area (Å²) < 4.78 is 5.27. The fourth-order valence-corrected chi connectivity index (χ4v) is 4.94. The minimum Gasteiger partial charge on any atom is -0.426 e. The molecule has 2 aromatic carbocycles. The molecule has 0 saturated carbocycles. The van der Waals surface area contributed by atoms with Crippen LogP contribution in [-0.4, -0.2) is 18.1 Å². The van der Waals surface area contributed by atoms with Gasteiger partial charge in [-0.05, 0) is 48.9 Å². The molecule has 1 heterocycles. The van der Waals surface area contributed by atoms with Crippen molar-refractivity contribution in [3.63, 3.8) is 0 Å². The number of carbonyl (C=O) groups excluding carboxylic acids is 2. The SMILES string of the molecule is CC(=O)Oc1ccccc1C=Nc1sc2c(c1C(=O)NCc1ccccc1)CCCC2. The Labute approximate surface area is 185 Å². The molecule has 1 aliphatic carbocycles. The van der Waals surface area contributed by atoms with Crippen molar-refractivity contribution in [1.29, 1.82) is 0 Å². The molecule has 0 fully saturated rings. The first-order valence-electron chi connectivity index (χ1n) is 10.4. The number of nitrogens with zero attached hydrogens (tertiary/aromatic N) is 1. The second-order valence-corrected chi connectivity index (χ2v) is 8.53. The molecule has 0 atom stereocenters. The summed E-state index contributed by atoms with van der Waals surface area (Å²) >= 11 is 1.58. The number of aryl methyl sites for hydroxylation is 1. The predicted octanol–water partition coefficient (Wildman–Crippen LogP) is 5.23. The highest BCUT2D eigenvalue weighted by atomic mass is 32.1. The number of thiophene rings is 1. The number of rotatable bonds is 6. The second-order valence-electron chi connectivity index (χ2n) is 7.45. The Bertz CT molecular complexity index is 1120. The zero-order valence-corrected chi connectivity index (χ0v) is 18.2. The van der Waals surface area contributed by atoms with Crippen molar-refractivity contribution in [2.45, 2.75) is 39.2 Å². The molecule has 1 aromatic heterocycles. The van der Waals surface area contributed by atoms with Crippen LogP contribution in [0.5, 0.6) is 5.75 Å². The summed E-state index contributed by atoms with van der Waals surface area (Å²) in [5, 5.41) is 3.76. The first-order valence-corrected chi connectivity index (χ1v) is 11.2. The monoisotopic (exact) mass is 432 g/mol. The van der Waals surface area contributed by atoms with E-state index in [1.54, 1.807) is 23.6 Å². The van der Waals surface area contributed by atoms with Crippen molar-refractivity contribution >= 4 is 34.4 Å². The van der Waals surface area contributed by atoms with Crippen LogP contribution in [0.3, 0.4) is 0 Å². The number of nitrogens with one attached hydrogen (secondary N) is 1. The molecule has 0 radical (unpaired) electrons. The number of hydrogen-bond acceptors (Lipinski definition) is 5. The third-order valence-electron chi connectivity index (χ3n) is 5.17. The third-order valence-corrected chi connectivity index (χ3v) is 6.37. The van der Waals surface area contributed by atoms with Crippen LogP contribution in [0.1, 0.15) is 51.7 Å². The van der Waals surface area contributed by atoms with Gasteiger partial charge in [0.05, 0.1) is 5.56 Å². The zero-order chi connectivity index (χ0) is 21.6. The molecule has 0 aliphatic heterocycles. The van der Waals surface area contributed by atoms with Gasteiger partial charge in [-0.25, -0.2) is 4.99 Å². The lowest BCUT2D eigenvalue weighted by atomic mass is 9.95. The molecule has 0 bridgehead atoms. The number of aliphatic imine (C=N–C) groups is 1. The fourth-order valence-electron chi connectivity index (χ4n) is 3.71. The average molecular weight is 433 g/mol. The van der Waals surface area contributed by atoms with Crippen molar-refractivity contribution in [3.8, 4) is 5.75 Å². The van der Waals surface area contributed by atoms with E-state index in [9.17, 15) is 9.59 Å². The maximum atomic E-state index is 13.1. The summed E-state index contributed by atoms with van der Waals surface area (Å²) in [4.78, 5) is 30.4. The van der Waals surface area contributed by atoms with Crippen LogP contribution in [0.4, 0.5) is 5.00 Å². The van der Waals surface area contributed by atoms with Crippen LogP contribution in [0.2, 0.25) is 0 Å². The van der Waals surface area contributed by atoms with Crippen molar-refractivity contribution < 1.29 is 14.3 Å².